The van der Waals surface area contributed by atoms with Crippen molar-refractivity contribution in [3.63, 3.8) is 0 Å². The van der Waals surface area contributed by atoms with Gasteiger partial charge in [-0.25, -0.2) is 0 Å². The third kappa shape index (κ3) is 0.790. The zero-order valence-corrected chi connectivity index (χ0v) is 5.64. The van der Waals surface area contributed by atoms with Crippen molar-refractivity contribution in [2.45, 2.75) is 6.40 Å². The third-order valence-corrected chi connectivity index (χ3v) is 2.07. The summed E-state index contributed by atoms with van der Waals surface area (Å²) in [6.45, 7) is 1.63. The van der Waals surface area contributed by atoms with Crippen LogP contribution < -0.4 is 4.90 Å². The van der Waals surface area contributed by atoms with Crippen LogP contribution in [-0.2, 0) is 0 Å². The fraction of sp³-hybridized carbons (Fsp3) is 0.600. The molecule has 48 valence electrons. The van der Waals surface area contributed by atoms with Crippen LogP contribution in [-0.4, -0.2) is 23.3 Å². The molecule has 0 saturated carbocycles. The lowest BCUT2D eigenvalue weighted by Crippen LogP contribution is -2.36. The van der Waals surface area contributed by atoms with Gasteiger partial charge in [-0.15, -0.1) is 10.2 Å². The van der Waals surface area contributed by atoms with Crippen LogP contribution >= 0.6 is 11.3 Å². The lowest BCUT2D eigenvalue weighted by atomic mass is 10.2. The molecule has 0 aromatic carbocycles. The Balaban J connectivity index is 2.04. The highest BCUT2D eigenvalue weighted by atomic mass is 32.1. The monoisotopic (exact) mass is 142 g/mol. The Morgan fingerprint density at radius 2 is 2.67 bits per heavy atom. The molecule has 1 aromatic rings. The highest BCUT2D eigenvalue weighted by molar-refractivity contribution is 7.13. The lowest BCUT2D eigenvalue weighted by molar-refractivity contribution is 0.613. The van der Waals surface area contributed by atoms with Gasteiger partial charge in [0.05, 0.1) is 0 Å². The van der Waals surface area contributed by atoms with Gasteiger partial charge in [-0.3, -0.25) is 0 Å². The van der Waals surface area contributed by atoms with Gasteiger partial charge >= 0.3 is 0 Å². The van der Waals surface area contributed by atoms with Gasteiger partial charge in [0.25, 0.3) is 0 Å². The van der Waals surface area contributed by atoms with Crippen LogP contribution in [0.25, 0.3) is 0 Å². The molecule has 0 N–H and O–H groups in total. The largest absolute Gasteiger partial charge is 0.347 e. The van der Waals surface area contributed by atoms with Crippen LogP contribution in [0, 0.1) is 0 Å². The predicted molar refractivity (Wildman–Crippen MR) is 36.7 cm³/mol. The quantitative estimate of drug-likeness (QED) is 0.579. The summed E-state index contributed by atoms with van der Waals surface area (Å²) in [5.41, 5.74) is 1.71. The molecule has 0 amide bonds. The molecule has 1 aliphatic rings. The van der Waals surface area contributed by atoms with Crippen LogP contribution in [0.4, 0.5) is 5.13 Å². The van der Waals surface area contributed by atoms with Crippen LogP contribution in [0.5, 0.6) is 0 Å². The number of anilines is 1. The fourth-order valence-electron chi connectivity index (χ4n) is 0.719. The van der Waals surface area contributed by atoms with Crippen molar-refractivity contribution in [2.75, 3.05) is 18.0 Å². The maximum absolute atomic E-state index is 7.26. The topological polar surface area (TPSA) is 29.0 Å². The Morgan fingerprint density at radius 3 is 3.22 bits per heavy atom. The average Bonchev–Trinajstić information content (AvgIpc) is 2.31. The van der Waals surface area contributed by atoms with Gasteiger partial charge in [-0.1, -0.05) is 11.3 Å². The van der Waals surface area contributed by atoms with Crippen LogP contribution in [0.2, 0.25) is 0 Å². The second kappa shape index (κ2) is 1.95. The molecule has 3 nitrogen and oxygen atoms in total. The molecule has 0 aliphatic carbocycles. The van der Waals surface area contributed by atoms with Crippen LogP contribution in [0.1, 0.15) is 7.77 Å². The highest BCUT2D eigenvalue weighted by Crippen LogP contribution is 2.20. The molecule has 2 heterocycles. The molecule has 4 heteroatoms. The highest BCUT2D eigenvalue weighted by Gasteiger charge is 2.16. The van der Waals surface area contributed by atoms with E-state index < -0.39 is 0 Å². The molecule has 0 unspecified atom stereocenters. The molecule has 0 spiro atoms. The number of rotatable bonds is 1. The van der Waals surface area contributed by atoms with Crippen molar-refractivity contribution < 1.29 is 1.37 Å². The molecule has 0 bridgehead atoms. The zero-order chi connectivity index (χ0) is 6.97. The second-order valence-corrected chi connectivity index (χ2v) is 2.73. The fourth-order valence-corrected chi connectivity index (χ4v) is 1.30. The molecule has 1 saturated heterocycles. The van der Waals surface area contributed by atoms with Gasteiger partial charge in [0, 0.05) is 14.5 Å². The first-order valence-electron chi connectivity index (χ1n) is 3.37. The summed E-state index contributed by atoms with van der Waals surface area (Å²) in [5.74, 6) is 0. The normalized spacial score (nSPS) is 21.3. The predicted octanol–water partition coefficient (Wildman–Crippen LogP) is 0.748. The van der Waals surface area contributed by atoms with Crippen molar-refractivity contribution in [3.8, 4) is 0 Å². The summed E-state index contributed by atoms with van der Waals surface area (Å²) in [6.07, 6.45) is 0.0869. The van der Waals surface area contributed by atoms with Crippen molar-refractivity contribution in [2.24, 2.45) is 0 Å². The maximum Gasteiger partial charge on any atom is 0.208 e. The van der Waals surface area contributed by atoms with Gasteiger partial charge < -0.3 is 4.90 Å². The van der Waals surface area contributed by atoms with Crippen molar-refractivity contribution in [3.05, 3.63) is 5.51 Å². The number of nitrogens with zero attached hydrogens (tertiary/aromatic N) is 3. The number of aromatic nitrogens is 2. The summed E-state index contributed by atoms with van der Waals surface area (Å²) in [7, 11) is 0. The van der Waals surface area contributed by atoms with Crippen molar-refractivity contribution in [1.82, 2.24) is 10.2 Å². The zero-order valence-electron chi connectivity index (χ0n) is 5.82. The smallest absolute Gasteiger partial charge is 0.208 e. The molecular formula is C5H7N3S. The minimum absolute atomic E-state index is 0.0869. The molecule has 1 fully saturated rings. The summed E-state index contributed by atoms with van der Waals surface area (Å²) >= 11 is 1.53. The average molecular weight is 142 g/mol. The first-order chi connectivity index (χ1) is 4.86. The molecule has 9 heavy (non-hydrogen) atoms. The number of hydrogen-bond donors (Lipinski definition) is 0. The molecule has 0 radical (unpaired) electrons. The van der Waals surface area contributed by atoms with Gasteiger partial charge in [-0.2, -0.15) is 0 Å². The van der Waals surface area contributed by atoms with Gasteiger partial charge in [0.2, 0.25) is 5.13 Å². The molecular weight excluding hydrogens is 134 g/mol. The van der Waals surface area contributed by atoms with Gasteiger partial charge in [0.1, 0.15) is 5.51 Å². The maximum atomic E-state index is 7.26. The van der Waals surface area contributed by atoms with Crippen LogP contribution in [0.3, 0.4) is 0 Å². The van der Waals surface area contributed by atoms with E-state index in [1.807, 2.05) is 0 Å². The van der Waals surface area contributed by atoms with E-state index in [4.69, 9.17) is 1.37 Å². The lowest BCUT2D eigenvalue weighted by Gasteiger charge is -2.29. The van der Waals surface area contributed by atoms with E-state index in [1.54, 1.807) is 5.51 Å². The second-order valence-electron chi connectivity index (χ2n) is 1.91. The molecule has 1 aliphatic heterocycles. The Morgan fingerprint density at radius 1 is 1.78 bits per heavy atom. The Kier molecular flexibility index (Phi) is 0.914. The minimum atomic E-state index is 0.0869. The molecule has 2 rings (SSSR count). The van der Waals surface area contributed by atoms with E-state index >= 15 is 0 Å². The summed E-state index contributed by atoms with van der Waals surface area (Å²) in [4.78, 5) is 2.06. The first kappa shape index (κ1) is 4.22. The SMILES string of the molecule is [2H]C1CN(c2nncs2)C1. The summed E-state index contributed by atoms with van der Waals surface area (Å²) in [5, 5.41) is 8.55. The first-order valence-corrected chi connectivity index (χ1v) is 3.67. The van der Waals surface area contributed by atoms with E-state index in [-0.39, 0.29) is 6.40 Å². The Labute approximate surface area is 58.7 Å². The molecule has 1 aromatic heterocycles. The van der Waals surface area contributed by atoms with Crippen molar-refractivity contribution >= 4 is 16.5 Å². The molecule has 0 atom stereocenters. The van der Waals surface area contributed by atoms with E-state index in [2.05, 4.69) is 15.1 Å². The standard InChI is InChI=1S/C5H7N3S/c1-2-8(3-1)5-7-6-4-9-5/h4H,1-3H2/i1D. The van der Waals surface area contributed by atoms with E-state index in [1.165, 1.54) is 11.3 Å². The van der Waals surface area contributed by atoms with E-state index in [0.717, 1.165) is 18.2 Å². The third-order valence-electron chi connectivity index (χ3n) is 1.32. The van der Waals surface area contributed by atoms with E-state index in [9.17, 15) is 0 Å². The van der Waals surface area contributed by atoms with E-state index in [0.29, 0.717) is 0 Å². The van der Waals surface area contributed by atoms with Gasteiger partial charge in [-0.05, 0) is 6.40 Å². The minimum Gasteiger partial charge on any atom is -0.347 e. The summed E-state index contributed by atoms with van der Waals surface area (Å²) in [6, 6.07) is 0. The van der Waals surface area contributed by atoms with Crippen LogP contribution in [0.15, 0.2) is 5.51 Å². The summed E-state index contributed by atoms with van der Waals surface area (Å²) < 4.78 is 7.26. The van der Waals surface area contributed by atoms with Crippen molar-refractivity contribution in [1.29, 1.82) is 0 Å². The Bertz CT molecular complexity index is 207. The Hall–Kier alpha value is -0.640. The van der Waals surface area contributed by atoms with Gasteiger partial charge in [0.15, 0.2) is 0 Å². The number of hydrogen-bond acceptors (Lipinski definition) is 4.